The molecule has 4 rings (SSSR count). The zero-order valence-electron chi connectivity index (χ0n) is 18.3. The summed E-state index contributed by atoms with van der Waals surface area (Å²) in [5.74, 6) is -0.322. The molecule has 3 aromatic rings. The van der Waals surface area contributed by atoms with Crippen LogP contribution in [-0.2, 0) is 26.0 Å². The fourth-order valence-electron chi connectivity index (χ4n) is 4.51. The molecule has 0 amide bonds. The number of fused-ring (bicyclic) bond motifs is 3. The minimum Gasteiger partial charge on any atom is -0.468 e. The lowest BCUT2D eigenvalue weighted by Crippen LogP contribution is -2.51. The Kier molecular flexibility index (Phi) is 5.66. The highest BCUT2D eigenvalue weighted by molar-refractivity contribution is 7.89. The first-order valence-corrected chi connectivity index (χ1v) is 12.0. The van der Waals surface area contributed by atoms with Crippen molar-refractivity contribution in [3.05, 3.63) is 65.4 Å². The Bertz CT molecular complexity index is 1210. The monoisotopic (exact) mass is 440 g/mol. The summed E-state index contributed by atoms with van der Waals surface area (Å²) in [6, 6.07) is 13.2. The Morgan fingerprint density at radius 3 is 2.48 bits per heavy atom. The number of aryl methyl sites for hydroxylation is 1. The molecule has 0 fully saturated rings. The lowest BCUT2D eigenvalue weighted by atomic mass is 9.89. The van der Waals surface area contributed by atoms with Gasteiger partial charge >= 0.3 is 5.97 Å². The maximum Gasteiger partial charge on any atom is 0.324 e. The molecule has 0 radical (unpaired) electrons. The number of carbonyl (C=O) groups is 1. The molecule has 0 spiro atoms. The Hall–Kier alpha value is -2.64. The number of benzene rings is 2. The minimum absolute atomic E-state index is 0.181. The maximum absolute atomic E-state index is 13.9. The molecule has 1 aliphatic heterocycles. The van der Waals surface area contributed by atoms with E-state index in [4.69, 9.17) is 4.74 Å². The molecule has 0 bridgehead atoms. The number of methoxy groups -OCH3 is 1. The van der Waals surface area contributed by atoms with Gasteiger partial charge in [0.1, 0.15) is 6.04 Å². The number of sulfonamides is 1. The Morgan fingerprint density at radius 1 is 1.16 bits per heavy atom. The van der Waals surface area contributed by atoms with Crippen LogP contribution in [0.5, 0.6) is 0 Å². The Balaban J connectivity index is 1.94. The molecule has 2 heterocycles. The van der Waals surface area contributed by atoms with Crippen LogP contribution in [0, 0.1) is 12.8 Å². The van der Waals surface area contributed by atoms with Crippen molar-refractivity contribution in [1.29, 1.82) is 0 Å². The van der Waals surface area contributed by atoms with Crippen LogP contribution >= 0.6 is 0 Å². The molecule has 0 saturated heterocycles. The van der Waals surface area contributed by atoms with Gasteiger partial charge in [0.15, 0.2) is 0 Å². The summed E-state index contributed by atoms with van der Waals surface area (Å²) < 4.78 is 34.1. The lowest BCUT2D eigenvalue weighted by molar-refractivity contribution is -0.146. The molecule has 0 saturated carbocycles. The molecule has 164 valence electrons. The van der Waals surface area contributed by atoms with Crippen LogP contribution in [-0.4, -0.2) is 36.8 Å². The maximum atomic E-state index is 13.9. The minimum atomic E-state index is -3.95. The van der Waals surface area contributed by atoms with Crippen molar-refractivity contribution in [1.82, 2.24) is 9.29 Å². The van der Waals surface area contributed by atoms with Crippen LogP contribution < -0.4 is 0 Å². The van der Waals surface area contributed by atoms with Crippen molar-refractivity contribution in [2.45, 2.75) is 50.6 Å². The summed E-state index contributed by atoms with van der Waals surface area (Å²) in [5.41, 5.74) is 3.77. The highest BCUT2D eigenvalue weighted by atomic mass is 32.2. The normalized spacial score (nSPS) is 19.5. The van der Waals surface area contributed by atoms with E-state index in [9.17, 15) is 13.2 Å². The third kappa shape index (κ3) is 3.77. The highest BCUT2D eigenvalue weighted by Crippen LogP contribution is 2.43. The number of para-hydroxylation sites is 1. The summed E-state index contributed by atoms with van der Waals surface area (Å²) in [7, 11) is -2.64. The Morgan fingerprint density at radius 2 is 1.84 bits per heavy atom. The summed E-state index contributed by atoms with van der Waals surface area (Å²) in [6.45, 7) is 6.02. The van der Waals surface area contributed by atoms with E-state index in [0.29, 0.717) is 6.42 Å². The van der Waals surface area contributed by atoms with E-state index >= 15 is 0 Å². The van der Waals surface area contributed by atoms with Gasteiger partial charge in [-0.2, -0.15) is 4.31 Å². The molecule has 6 nitrogen and oxygen atoms in total. The topological polar surface area (TPSA) is 79.5 Å². The first kappa shape index (κ1) is 21.6. The van der Waals surface area contributed by atoms with Crippen LogP contribution in [0.4, 0.5) is 0 Å². The number of rotatable bonds is 5. The molecular formula is C24H28N2O4S. The van der Waals surface area contributed by atoms with Gasteiger partial charge in [-0.25, -0.2) is 8.42 Å². The summed E-state index contributed by atoms with van der Waals surface area (Å²) >= 11 is 0. The quantitative estimate of drug-likeness (QED) is 0.598. The van der Waals surface area contributed by atoms with E-state index in [1.165, 1.54) is 11.4 Å². The largest absolute Gasteiger partial charge is 0.468 e. The lowest BCUT2D eigenvalue weighted by Gasteiger charge is -2.40. The molecule has 31 heavy (non-hydrogen) atoms. The summed E-state index contributed by atoms with van der Waals surface area (Å²) in [5, 5.41) is 1.02. The van der Waals surface area contributed by atoms with E-state index < -0.39 is 28.1 Å². The fraction of sp³-hybridized carbons (Fsp3) is 0.375. The van der Waals surface area contributed by atoms with Crippen molar-refractivity contribution in [3.63, 3.8) is 0 Å². The standard InChI is InChI=1S/C24H28N2O4S/c1-15(2)13-21-23-19(18-7-5-6-8-20(18)25-23)14-22(24(27)30-4)26(21)31(28,29)17-11-9-16(3)10-12-17/h5-12,15,21-22,25H,13-14H2,1-4H3/t21-,22-/m0/s1. The van der Waals surface area contributed by atoms with E-state index in [2.05, 4.69) is 18.8 Å². The average Bonchev–Trinajstić information content (AvgIpc) is 3.11. The van der Waals surface area contributed by atoms with E-state index in [1.807, 2.05) is 31.2 Å². The number of ether oxygens (including phenoxy) is 1. The van der Waals surface area contributed by atoms with Crippen LogP contribution in [0.25, 0.3) is 10.9 Å². The predicted octanol–water partition coefficient (Wildman–Crippen LogP) is 4.35. The second kappa shape index (κ2) is 8.13. The molecule has 0 unspecified atom stereocenters. The first-order valence-electron chi connectivity index (χ1n) is 10.5. The van der Waals surface area contributed by atoms with E-state index in [1.54, 1.807) is 24.3 Å². The number of hydrogen-bond donors (Lipinski definition) is 1. The fourth-order valence-corrected chi connectivity index (χ4v) is 6.26. The van der Waals surface area contributed by atoms with Crippen molar-refractivity contribution < 1.29 is 17.9 Å². The molecule has 1 aromatic heterocycles. The van der Waals surface area contributed by atoms with Crippen LogP contribution in [0.1, 0.15) is 43.1 Å². The number of H-pyrrole nitrogens is 1. The molecule has 7 heteroatoms. The second-order valence-electron chi connectivity index (χ2n) is 8.60. The van der Waals surface area contributed by atoms with E-state index in [0.717, 1.165) is 27.7 Å². The van der Waals surface area contributed by atoms with Crippen LogP contribution in [0.3, 0.4) is 0 Å². The number of nitrogens with one attached hydrogen (secondary N) is 1. The number of hydrogen-bond acceptors (Lipinski definition) is 4. The van der Waals surface area contributed by atoms with Gasteiger partial charge in [-0.05, 0) is 43.0 Å². The molecule has 0 aliphatic carbocycles. The van der Waals surface area contributed by atoms with E-state index in [-0.39, 0.29) is 17.2 Å². The summed E-state index contributed by atoms with van der Waals surface area (Å²) in [4.78, 5) is 16.5. The molecule has 1 aliphatic rings. The van der Waals surface area contributed by atoms with Gasteiger partial charge in [0.2, 0.25) is 10.0 Å². The first-order chi connectivity index (χ1) is 14.7. The van der Waals surface area contributed by atoms with Gasteiger partial charge in [-0.3, -0.25) is 4.79 Å². The van der Waals surface area contributed by atoms with Crippen molar-refractivity contribution in [2.24, 2.45) is 5.92 Å². The average molecular weight is 441 g/mol. The number of carbonyl (C=O) groups excluding carboxylic acids is 1. The number of nitrogens with zero attached hydrogens (tertiary/aromatic N) is 1. The van der Waals surface area contributed by atoms with Crippen LogP contribution in [0.2, 0.25) is 0 Å². The highest BCUT2D eigenvalue weighted by Gasteiger charge is 2.47. The van der Waals surface area contributed by atoms with Gasteiger partial charge in [0.05, 0.1) is 18.0 Å². The molecule has 2 aromatic carbocycles. The zero-order valence-corrected chi connectivity index (χ0v) is 19.1. The molecule has 2 atom stereocenters. The molecular weight excluding hydrogens is 412 g/mol. The van der Waals surface area contributed by atoms with Gasteiger partial charge < -0.3 is 9.72 Å². The summed E-state index contributed by atoms with van der Waals surface area (Å²) in [6.07, 6.45) is 0.851. The SMILES string of the molecule is COC(=O)[C@@H]1Cc2c([nH]c3ccccc23)[C@H](CC(C)C)N1S(=O)(=O)c1ccc(C)cc1. The van der Waals surface area contributed by atoms with Gasteiger partial charge in [0.25, 0.3) is 0 Å². The second-order valence-corrected chi connectivity index (χ2v) is 10.4. The van der Waals surface area contributed by atoms with Gasteiger partial charge in [-0.1, -0.05) is 49.7 Å². The zero-order chi connectivity index (χ0) is 22.3. The Labute approximate surface area is 183 Å². The van der Waals surface area contributed by atoms with Crippen molar-refractivity contribution in [2.75, 3.05) is 7.11 Å². The number of aromatic amines is 1. The number of aromatic nitrogens is 1. The number of esters is 1. The third-order valence-electron chi connectivity index (χ3n) is 5.96. The van der Waals surface area contributed by atoms with Gasteiger partial charge in [-0.15, -0.1) is 0 Å². The van der Waals surface area contributed by atoms with Crippen molar-refractivity contribution in [3.8, 4) is 0 Å². The predicted molar refractivity (Wildman–Crippen MR) is 120 cm³/mol. The van der Waals surface area contributed by atoms with Gasteiger partial charge in [0, 0.05) is 23.0 Å². The molecule has 1 N–H and O–H groups in total. The van der Waals surface area contributed by atoms with Crippen LogP contribution in [0.15, 0.2) is 53.4 Å². The smallest absolute Gasteiger partial charge is 0.324 e. The third-order valence-corrected chi connectivity index (χ3v) is 7.89. The van der Waals surface area contributed by atoms with Crippen molar-refractivity contribution >= 4 is 26.9 Å².